The van der Waals surface area contributed by atoms with Crippen molar-refractivity contribution in [2.45, 2.75) is 47.0 Å². The fourth-order valence-corrected chi connectivity index (χ4v) is 3.01. The molecule has 0 radical (unpaired) electrons. The number of aliphatic hydroxyl groups excluding tert-OH is 1. The Kier molecular flexibility index (Phi) is 6.41. The molecule has 0 unspecified atom stereocenters. The van der Waals surface area contributed by atoms with Gasteiger partial charge in [0.15, 0.2) is 0 Å². The Bertz CT molecular complexity index is 385. The van der Waals surface area contributed by atoms with Crippen LogP contribution in [0.1, 0.15) is 47.0 Å². The maximum atomic E-state index is 12.7. The molecular formula is C17H31NO3. The van der Waals surface area contributed by atoms with Crippen molar-refractivity contribution in [1.29, 1.82) is 0 Å². The quantitative estimate of drug-likeness (QED) is 0.767. The number of carbonyl (C=O) groups is 1. The van der Waals surface area contributed by atoms with Gasteiger partial charge in [0.05, 0.1) is 18.6 Å². The predicted octanol–water partition coefficient (Wildman–Crippen LogP) is 2.62. The molecule has 0 aromatic rings. The Balaban J connectivity index is 2.82. The number of methoxy groups -OCH3 is 1. The zero-order valence-electron chi connectivity index (χ0n) is 14.2. The molecule has 1 atom stereocenters. The van der Waals surface area contributed by atoms with E-state index in [0.717, 1.165) is 25.8 Å². The van der Waals surface area contributed by atoms with Crippen molar-refractivity contribution in [3.05, 3.63) is 11.6 Å². The van der Waals surface area contributed by atoms with Gasteiger partial charge in [0.25, 0.3) is 0 Å². The normalized spacial score (nSPS) is 23.0. The number of allylic oxidation sites excluding steroid dienone is 2. The lowest BCUT2D eigenvalue weighted by Gasteiger charge is -2.43. The van der Waals surface area contributed by atoms with Gasteiger partial charge in [0.1, 0.15) is 0 Å². The van der Waals surface area contributed by atoms with E-state index in [1.165, 1.54) is 5.57 Å². The highest BCUT2D eigenvalue weighted by molar-refractivity contribution is 5.82. The summed E-state index contributed by atoms with van der Waals surface area (Å²) in [4.78, 5) is 14.6. The van der Waals surface area contributed by atoms with Crippen LogP contribution >= 0.6 is 0 Å². The average Bonchev–Trinajstić information content (AvgIpc) is 2.44. The number of piperidine rings is 1. The number of ether oxygens (including phenoxy) is 1. The molecule has 1 rings (SSSR count). The highest BCUT2D eigenvalue weighted by Crippen LogP contribution is 2.35. The van der Waals surface area contributed by atoms with Gasteiger partial charge in [-0.15, -0.1) is 0 Å². The van der Waals surface area contributed by atoms with Crippen LogP contribution in [-0.2, 0) is 9.53 Å². The van der Waals surface area contributed by atoms with E-state index in [9.17, 15) is 9.90 Å². The number of hydrogen-bond donors (Lipinski definition) is 1. The van der Waals surface area contributed by atoms with Crippen molar-refractivity contribution in [1.82, 2.24) is 4.90 Å². The lowest BCUT2D eigenvalue weighted by Crippen LogP contribution is -2.52. The fraction of sp³-hybridized carbons (Fsp3) is 0.824. The van der Waals surface area contributed by atoms with Crippen molar-refractivity contribution >= 4 is 5.91 Å². The molecule has 1 N–H and O–H groups in total. The molecule has 4 nitrogen and oxygen atoms in total. The highest BCUT2D eigenvalue weighted by atomic mass is 16.5. The molecule has 122 valence electrons. The third-order valence-corrected chi connectivity index (χ3v) is 4.31. The van der Waals surface area contributed by atoms with Crippen LogP contribution in [0.4, 0.5) is 0 Å². The summed E-state index contributed by atoms with van der Waals surface area (Å²) in [6.45, 7) is 9.95. The van der Waals surface area contributed by atoms with Gasteiger partial charge in [-0.3, -0.25) is 4.79 Å². The number of carbonyl (C=O) groups excluding carboxylic acids is 1. The van der Waals surface area contributed by atoms with Gasteiger partial charge in [-0.2, -0.15) is 0 Å². The largest absolute Gasteiger partial charge is 0.396 e. The monoisotopic (exact) mass is 297 g/mol. The highest BCUT2D eigenvalue weighted by Gasteiger charge is 2.40. The molecule has 1 amide bonds. The minimum Gasteiger partial charge on any atom is -0.396 e. The van der Waals surface area contributed by atoms with Gasteiger partial charge in [-0.25, -0.2) is 0 Å². The number of nitrogens with zero attached hydrogens (tertiary/aromatic N) is 1. The summed E-state index contributed by atoms with van der Waals surface area (Å²) in [5, 5.41) is 9.87. The Morgan fingerprint density at radius 2 is 2.10 bits per heavy atom. The maximum Gasteiger partial charge on any atom is 0.230 e. The summed E-state index contributed by atoms with van der Waals surface area (Å²) in [6, 6.07) is 0. The van der Waals surface area contributed by atoms with Crippen LogP contribution in [0.2, 0.25) is 0 Å². The summed E-state index contributed by atoms with van der Waals surface area (Å²) in [5.74, 6) is 0.124. The summed E-state index contributed by atoms with van der Waals surface area (Å²) >= 11 is 0. The van der Waals surface area contributed by atoms with Crippen molar-refractivity contribution in [2.75, 3.05) is 33.4 Å². The summed E-state index contributed by atoms with van der Waals surface area (Å²) in [7, 11) is 1.62. The standard InChI is InChI=1S/C17H31NO3/c1-14(2)7-9-17(12-19)8-6-10-18(11-17)15(20)16(3,4)13-21-5/h7,19H,6,8-13H2,1-5H3/t17-/m1/s1. The lowest BCUT2D eigenvalue weighted by atomic mass is 9.76. The third kappa shape index (κ3) is 4.82. The second-order valence-electron chi connectivity index (χ2n) is 7.29. The molecule has 1 saturated heterocycles. The minimum absolute atomic E-state index is 0.124. The zero-order valence-corrected chi connectivity index (χ0v) is 14.2. The summed E-state index contributed by atoms with van der Waals surface area (Å²) in [6.07, 6.45) is 4.93. The van der Waals surface area contributed by atoms with Crippen LogP contribution in [0.3, 0.4) is 0 Å². The first-order valence-electron chi connectivity index (χ1n) is 7.79. The molecule has 21 heavy (non-hydrogen) atoms. The SMILES string of the molecule is COCC(C)(C)C(=O)N1CCC[C@@](CO)(CC=C(C)C)C1. The first-order valence-corrected chi connectivity index (χ1v) is 7.79. The van der Waals surface area contributed by atoms with E-state index >= 15 is 0 Å². The second kappa shape index (κ2) is 7.41. The maximum absolute atomic E-state index is 12.7. The van der Waals surface area contributed by atoms with Gasteiger partial charge in [0.2, 0.25) is 5.91 Å². The number of aliphatic hydroxyl groups is 1. The molecule has 0 saturated carbocycles. The minimum atomic E-state index is -0.510. The Morgan fingerprint density at radius 3 is 2.62 bits per heavy atom. The van der Waals surface area contributed by atoms with Crippen molar-refractivity contribution < 1.29 is 14.6 Å². The van der Waals surface area contributed by atoms with E-state index in [0.29, 0.717) is 13.2 Å². The van der Waals surface area contributed by atoms with Crippen molar-refractivity contribution in [3.8, 4) is 0 Å². The number of likely N-dealkylation sites (tertiary alicyclic amines) is 1. The summed E-state index contributed by atoms with van der Waals surface area (Å²) < 4.78 is 5.17. The van der Waals surface area contributed by atoms with E-state index in [4.69, 9.17) is 4.74 Å². The van der Waals surface area contributed by atoms with Gasteiger partial charge >= 0.3 is 0 Å². The van der Waals surface area contributed by atoms with E-state index in [-0.39, 0.29) is 17.9 Å². The topological polar surface area (TPSA) is 49.8 Å². The molecular weight excluding hydrogens is 266 g/mol. The molecule has 4 heteroatoms. The van der Waals surface area contributed by atoms with E-state index < -0.39 is 5.41 Å². The van der Waals surface area contributed by atoms with Crippen molar-refractivity contribution in [3.63, 3.8) is 0 Å². The fourth-order valence-electron chi connectivity index (χ4n) is 3.01. The molecule has 0 aromatic heterocycles. The van der Waals surface area contributed by atoms with E-state index in [1.807, 2.05) is 18.7 Å². The lowest BCUT2D eigenvalue weighted by molar-refractivity contribution is -0.147. The van der Waals surface area contributed by atoms with Crippen molar-refractivity contribution in [2.24, 2.45) is 10.8 Å². The molecule has 1 heterocycles. The van der Waals surface area contributed by atoms with Gasteiger partial charge in [-0.1, -0.05) is 11.6 Å². The molecule has 0 aliphatic carbocycles. The van der Waals surface area contributed by atoms with Crippen LogP contribution in [0.15, 0.2) is 11.6 Å². The number of amides is 1. The Morgan fingerprint density at radius 1 is 1.43 bits per heavy atom. The molecule has 0 spiro atoms. The molecule has 1 aliphatic rings. The Labute approximate surface area is 129 Å². The predicted molar refractivity (Wildman–Crippen MR) is 85.0 cm³/mol. The third-order valence-electron chi connectivity index (χ3n) is 4.31. The van der Waals surface area contributed by atoms with Crippen LogP contribution in [0.5, 0.6) is 0 Å². The van der Waals surface area contributed by atoms with Crippen LogP contribution in [0.25, 0.3) is 0 Å². The second-order valence-corrected chi connectivity index (χ2v) is 7.29. The summed E-state index contributed by atoms with van der Waals surface area (Å²) in [5.41, 5.74) is 0.559. The first kappa shape index (κ1) is 18.2. The van der Waals surface area contributed by atoms with E-state index in [1.54, 1.807) is 7.11 Å². The average molecular weight is 297 g/mol. The van der Waals surface area contributed by atoms with Crippen LogP contribution in [-0.4, -0.2) is 49.3 Å². The van der Waals surface area contributed by atoms with Crippen LogP contribution in [0, 0.1) is 10.8 Å². The number of hydrogen-bond acceptors (Lipinski definition) is 3. The molecule has 0 bridgehead atoms. The smallest absolute Gasteiger partial charge is 0.230 e. The van der Waals surface area contributed by atoms with E-state index in [2.05, 4.69) is 19.9 Å². The molecule has 1 aliphatic heterocycles. The van der Waals surface area contributed by atoms with Crippen LogP contribution < -0.4 is 0 Å². The van der Waals surface area contributed by atoms with Gasteiger partial charge < -0.3 is 14.7 Å². The zero-order chi connectivity index (χ0) is 16.1. The number of rotatable bonds is 6. The first-order chi connectivity index (χ1) is 9.76. The molecule has 0 aromatic carbocycles. The molecule has 1 fully saturated rings. The Hall–Kier alpha value is -0.870. The van der Waals surface area contributed by atoms with Gasteiger partial charge in [-0.05, 0) is 47.0 Å². The van der Waals surface area contributed by atoms with Gasteiger partial charge in [0, 0.05) is 25.6 Å².